The normalized spacial score (nSPS) is 27.0. The molecule has 4 heterocycles. The Morgan fingerprint density at radius 2 is 2.04 bits per heavy atom. The lowest BCUT2D eigenvalue weighted by Crippen LogP contribution is -2.45. The van der Waals surface area contributed by atoms with E-state index in [9.17, 15) is 4.79 Å². The number of hydrogen-bond donors (Lipinski definition) is 0. The zero-order valence-corrected chi connectivity index (χ0v) is 14.3. The van der Waals surface area contributed by atoms with Gasteiger partial charge in [0.1, 0.15) is 0 Å². The lowest BCUT2D eigenvalue weighted by atomic mass is 9.71. The highest BCUT2D eigenvalue weighted by Crippen LogP contribution is 2.45. The summed E-state index contributed by atoms with van der Waals surface area (Å²) in [6, 6.07) is 6.06. The molecule has 3 aliphatic rings. The molecule has 1 spiro atoms. The van der Waals surface area contributed by atoms with Gasteiger partial charge < -0.3 is 9.64 Å². The SMILES string of the molecule is O=C([C@@H]1CN(Cc2ccccn2)CC12CCOCC2)N1CCCC1. The Balaban J connectivity index is 1.52. The third-order valence-electron chi connectivity index (χ3n) is 6.03. The summed E-state index contributed by atoms with van der Waals surface area (Å²) >= 11 is 0. The molecule has 3 fully saturated rings. The smallest absolute Gasteiger partial charge is 0.227 e. The van der Waals surface area contributed by atoms with E-state index in [1.807, 2.05) is 18.3 Å². The Kier molecular flexibility index (Phi) is 4.55. The average molecular weight is 329 g/mol. The number of amides is 1. The second-order valence-corrected chi connectivity index (χ2v) is 7.55. The molecule has 3 saturated heterocycles. The van der Waals surface area contributed by atoms with Crippen LogP contribution in [0.25, 0.3) is 0 Å². The molecule has 0 aliphatic carbocycles. The van der Waals surface area contributed by atoms with Crippen LogP contribution < -0.4 is 0 Å². The molecule has 0 unspecified atom stereocenters. The number of likely N-dealkylation sites (tertiary alicyclic amines) is 2. The Bertz CT molecular complexity index is 565. The first-order valence-electron chi connectivity index (χ1n) is 9.26. The topological polar surface area (TPSA) is 45.7 Å². The molecule has 5 nitrogen and oxygen atoms in total. The van der Waals surface area contributed by atoms with E-state index in [0.717, 1.165) is 77.3 Å². The van der Waals surface area contributed by atoms with Gasteiger partial charge in [0, 0.05) is 57.5 Å². The Morgan fingerprint density at radius 3 is 2.75 bits per heavy atom. The third kappa shape index (κ3) is 3.07. The number of aromatic nitrogens is 1. The van der Waals surface area contributed by atoms with Crippen molar-refractivity contribution in [3.05, 3.63) is 30.1 Å². The maximum Gasteiger partial charge on any atom is 0.227 e. The molecular weight excluding hydrogens is 302 g/mol. The highest BCUT2D eigenvalue weighted by atomic mass is 16.5. The lowest BCUT2D eigenvalue weighted by molar-refractivity contribution is -0.139. The first-order chi connectivity index (χ1) is 11.8. The van der Waals surface area contributed by atoms with Crippen molar-refractivity contribution in [3.8, 4) is 0 Å². The van der Waals surface area contributed by atoms with Crippen LogP contribution in [-0.2, 0) is 16.1 Å². The van der Waals surface area contributed by atoms with Crippen LogP contribution in [0.2, 0.25) is 0 Å². The van der Waals surface area contributed by atoms with E-state index in [1.54, 1.807) is 0 Å². The van der Waals surface area contributed by atoms with Crippen LogP contribution in [0.15, 0.2) is 24.4 Å². The van der Waals surface area contributed by atoms with Crippen LogP contribution in [0.3, 0.4) is 0 Å². The van der Waals surface area contributed by atoms with Crippen LogP contribution in [0.5, 0.6) is 0 Å². The van der Waals surface area contributed by atoms with Crippen molar-refractivity contribution < 1.29 is 9.53 Å². The van der Waals surface area contributed by atoms with Gasteiger partial charge in [-0.1, -0.05) is 6.07 Å². The van der Waals surface area contributed by atoms with Crippen molar-refractivity contribution in [3.63, 3.8) is 0 Å². The zero-order chi connectivity index (χ0) is 16.4. The van der Waals surface area contributed by atoms with Crippen molar-refractivity contribution >= 4 is 5.91 Å². The molecule has 1 atom stereocenters. The summed E-state index contributed by atoms with van der Waals surface area (Å²) in [7, 11) is 0. The minimum atomic E-state index is 0.104. The van der Waals surface area contributed by atoms with Gasteiger partial charge >= 0.3 is 0 Å². The molecule has 0 aromatic carbocycles. The van der Waals surface area contributed by atoms with Gasteiger partial charge in [0.2, 0.25) is 5.91 Å². The minimum Gasteiger partial charge on any atom is -0.381 e. The second-order valence-electron chi connectivity index (χ2n) is 7.55. The van der Waals surface area contributed by atoms with Crippen LogP contribution in [0.4, 0.5) is 0 Å². The van der Waals surface area contributed by atoms with E-state index < -0.39 is 0 Å². The number of pyridine rings is 1. The number of nitrogens with zero attached hydrogens (tertiary/aromatic N) is 3. The maximum atomic E-state index is 13.2. The molecule has 0 bridgehead atoms. The summed E-state index contributed by atoms with van der Waals surface area (Å²) in [5, 5.41) is 0. The highest BCUT2D eigenvalue weighted by Gasteiger charge is 2.51. The van der Waals surface area contributed by atoms with E-state index >= 15 is 0 Å². The summed E-state index contributed by atoms with van der Waals surface area (Å²) in [6.07, 6.45) is 6.19. The number of carbonyl (C=O) groups excluding carboxylic acids is 1. The largest absolute Gasteiger partial charge is 0.381 e. The van der Waals surface area contributed by atoms with E-state index in [0.29, 0.717) is 5.91 Å². The molecule has 4 rings (SSSR count). The lowest BCUT2D eigenvalue weighted by Gasteiger charge is -2.38. The summed E-state index contributed by atoms with van der Waals surface area (Å²) in [5.74, 6) is 0.515. The predicted octanol–water partition coefficient (Wildman–Crippen LogP) is 1.93. The number of ether oxygens (including phenoxy) is 1. The molecule has 24 heavy (non-hydrogen) atoms. The minimum absolute atomic E-state index is 0.104. The second kappa shape index (κ2) is 6.81. The number of carbonyl (C=O) groups is 1. The first-order valence-corrected chi connectivity index (χ1v) is 9.26. The highest BCUT2D eigenvalue weighted by molar-refractivity contribution is 5.80. The standard InChI is InChI=1S/C19H27N3O2/c23-18(22-9-3-4-10-22)17-14-21(13-16-5-1-2-8-20-16)15-19(17)6-11-24-12-7-19/h1-2,5,8,17H,3-4,6-7,9-15H2/t17-/m0/s1. The Labute approximate surface area is 144 Å². The van der Waals surface area contributed by atoms with Gasteiger partial charge in [0.05, 0.1) is 11.6 Å². The van der Waals surface area contributed by atoms with E-state index in [4.69, 9.17) is 4.74 Å². The summed E-state index contributed by atoms with van der Waals surface area (Å²) < 4.78 is 5.61. The van der Waals surface area contributed by atoms with E-state index in [1.165, 1.54) is 0 Å². The number of hydrogen-bond acceptors (Lipinski definition) is 4. The molecule has 1 aromatic heterocycles. The van der Waals surface area contributed by atoms with Crippen LogP contribution >= 0.6 is 0 Å². The van der Waals surface area contributed by atoms with Gasteiger partial charge in [0.25, 0.3) is 0 Å². The molecule has 0 radical (unpaired) electrons. The van der Waals surface area contributed by atoms with Crippen molar-refractivity contribution in [2.75, 3.05) is 39.4 Å². The molecule has 0 saturated carbocycles. The molecule has 0 N–H and O–H groups in total. The molecular formula is C19H27N3O2. The molecule has 5 heteroatoms. The summed E-state index contributed by atoms with van der Waals surface area (Å²) in [5.41, 5.74) is 1.20. The monoisotopic (exact) mass is 329 g/mol. The number of rotatable bonds is 3. The summed E-state index contributed by atoms with van der Waals surface area (Å²) in [4.78, 5) is 22.2. The van der Waals surface area contributed by atoms with Crippen molar-refractivity contribution in [2.45, 2.75) is 32.2 Å². The third-order valence-corrected chi connectivity index (χ3v) is 6.03. The van der Waals surface area contributed by atoms with Gasteiger partial charge in [-0.3, -0.25) is 14.7 Å². The predicted molar refractivity (Wildman–Crippen MR) is 91.3 cm³/mol. The fourth-order valence-corrected chi connectivity index (χ4v) is 4.70. The Morgan fingerprint density at radius 1 is 1.25 bits per heavy atom. The van der Waals surface area contributed by atoms with Crippen LogP contribution in [0.1, 0.15) is 31.4 Å². The maximum absolute atomic E-state index is 13.2. The van der Waals surface area contributed by atoms with Crippen molar-refractivity contribution in [2.24, 2.45) is 11.3 Å². The summed E-state index contributed by atoms with van der Waals surface area (Å²) in [6.45, 7) is 6.18. The van der Waals surface area contributed by atoms with Gasteiger partial charge in [-0.2, -0.15) is 0 Å². The fourth-order valence-electron chi connectivity index (χ4n) is 4.70. The quantitative estimate of drug-likeness (QED) is 0.850. The molecule has 1 aromatic rings. The van der Waals surface area contributed by atoms with Crippen molar-refractivity contribution in [1.29, 1.82) is 0 Å². The average Bonchev–Trinajstić information content (AvgIpc) is 3.25. The van der Waals surface area contributed by atoms with Gasteiger partial charge in [-0.15, -0.1) is 0 Å². The zero-order valence-electron chi connectivity index (χ0n) is 14.3. The Hall–Kier alpha value is -1.46. The molecule has 3 aliphatic heterocycles. The first kappa shape index (κ1) is 16.0. The molecule has 130 valence electrons. The van der Waals surface area contributed by atoms with Crippen LogP contribution in [-0.4, -0.2) is 60.1 Å². The van der Waals surface area contributed by atoms with Crippen molar-refractivity contribution in [1.82, 2.24) is 14.8 Å². The van der Waals surface area contributed by atoms with Gasteiger partial charge in [0.15, 0.2) is 0 Å². The van der Waals surface area contributed by atoms with Gasteiger partial charge in [-0.05, 0) is 37.8 Å². The van der Waals surface area contributed by atoms with E-state index in [-0.39, 0.29) is 11.3 Å². The fraction of sp³-hybridized carbons (Fsp3) is 0.684. The molecule has 1 amide bonds. The van der Waals surface area contributed by atoms with Crippen LogP contribution in [0, 0.1) is 11.3 Å². The van der Waals surface area contributed by atoms with Gasteiger partial charge in [-0.25, -0.2) is 0 Å². The van der Waals surface area contributed by atoms with E-state index in [2.05, 4.69) is 20.9 Å².